The quantitative estimate of drug-likeness (QED) is 0.772. The van der Waals surface area contributed by atoms with Crippen LogP contribution in [0.15, 0.2) is 22.7 Å². The van der Waals surface area contributed by atoms with E-state index < -0.39 is 0 Å². The Kier molecular flexibility index (Phi) is 4.80. The third-order valence-corrected chi connectivity index (χ3v) is 3.58. The van der Waals surface area contributed by atoms with Crippen LogP contribution in [0.1, 0.15) is 19.3 Å². The van der Waals surface area contributed by atoms with Gasteiger partial charge in [-0.1, -0.05) is 0 Å². The summed E-state index contributed by atoms with van der Waals surface area (Å²) in [5.41, 5.74) is 0. The zero-order valence-electron chi connectivity index (χ0n) is 9.79. The van der Waals surface area contributed by atoms with Crippen molar-refractivity contribution >= 4 is 15.9 Å². The van der Waals surface area contributed by atoms with E-state index in [9.17, 15) is 4.39 Å². The predicted octanol–water partition coefficient (Wildman–Crippen LogP) is 3.45. The lowest BCUT2D eigenvalue weighted by molar-refractivity contribution is 0.263. The molecule has 0 N–H and O–H groups in total. The van der Waals surface area contributed by atoms with Gasteiger partial charge in [0.25, 0.3) is 0 Å². The maximum absolute atomic E-state index is 13.0. The maximum atomic E-state index is 13.0. The van der Waals surface area contributed by atoms with Crippen LogP contribution in [0.25, 0.3) is 0 Å². The van der Waals surface area contributed by atoms with E-state index >= 15 is 0 Å². The molecule has 1 saturated heterocycles. The molecule has 0 unspecified atom stereocenters. The number of hydrogen-bond donors (Lipinski definition) is 0. The Morgan fingerprint density at radius 1 is 1.29 bits per heavy atom. The third kappa shape index (κ3) is 3.96. The van der Waals surface area contributed by atoms with Crippen molar-refractivity contribution in [1.82, 2.24) is 4.90 Å². The van der Waals surface area contributed by atoms with Crippen molar-refractivity contribution < 1.29 is 9.13 Å². The fourth-order valence-electron chi connectivity index (χ4n) is 2.05. The van der Waals surface area contributed by atoms with Crippen molar-refractivity contribution in [2.24, 2.45) is 0 Å². The molecule has 0 aromatic heterocycles. The molecule has 1 aromatic carbocycles. The molecule has 1 aliphatic heterocycles. The highest BCUT2D eigenvalue weighted by atomic mass is 79.9. The fraction of sp³-hybridized carbons (Fsp3) is 0.538. The van der Waals surface area contributed by atoms with Crippen LogP contribution in [0, 0.1) is 5.82 Å². The molecule has 0 saturated carbocycles. The number of rotatable bonds is 5. The highest BCUT2D eigenvalue weighted by molar-refractivity contribution is 9.10. The summed E-state index contributed by atoms with van der Waals surface area (Å²) in [5.74, 6) is 0.467. The third-order valence-electron chi connectivity index (χ3n) is 2.98. The van der Waals surface area contributed by atoms with Crippen molar-refractivity contribution in [3.8, 4) is 5.75 Å². The van der Waals surface area contributed by atoms with Crippen molar-refractivity contribution in [2.45, 2.75) is 19.3 Å². The largest absolute Gasteiger partial charge is 0.494 e. The molecule has 0 aliphatic carbocycles. The summed E-state index contributed by atoms with van der Waals surface area (Å²) >= 11 is 3.15. The molecule has 17 heavy (non-hydrogen) atoms. The van der Waals surface area contributed by atoms with E-state index in [4.69, 9.17) is 4.74 Å². The van der Waals surface area contributed by atoms with Gasteiger partial charge in [0.15, 0.2) is 0 Å². The molecule has 0 radical (unpaired) electrons. The van der Waals surface area contributed by atoms with Crippen LogP contribution in [0.2, 0.25) is 0 Å². The predicted molar refractivity (Wildman–Crippen MR) is 69.9 cm³/mol. The topological polar surface area (TPSA) is 12.5 Å². The SMILES string of the molecule is Fc1ccc(OCCCN2CCCC2)cc1Br. The van der Waals surface area contributed by atoms with Crippen molar-refractivity contribution in [1.29, 1.82) is 0 Å². The second kappa shape index (κ2) is 6.36. The molecule has 0 amide bonds. The van der Waals surface area contributed by atoms with Crippen LogP contribution in [-0.4, -0.2) is 31.1 Å². The van der Waals surface area contributed by atoms with E-state index in [2.05, 4.69) is 20.8 Å². The van der Waals surface area contributed by atoms with Gasteiger partial charge in [0, 0.05) is 6.54 Å². The molecule has 94 valence electrons. The summed E-state index contributed by atoms with van der Waals surface area (Å²) in [6, 6.07) is 4.75. The Morgan fingerprint density at radius 3 is 2.76 bits per heavy atom. The molecule has 0 atom stereocenters. The molecule has 0 spiro atoms. The molecule has 1 heterocycles. The Balaban J connectivity index is 1.68. The highest BCUT2D eigenvalue weighted by Gasteiger charge is 2.10. The average molecular weight is 302 g/mol. The van der Waals surface area contributed by atoms with Gasteiger partial charge < -0.3 is 9.64 Å². The lowest BCUT2D eigenvalue weighted by Crippen LogP contribution is -2.21. The lowest BCUT2D eigenvalue weighted by atomic mass is 10.3. The Bertz CT molecular complexity index is 366. The van der Waals surface area contributed by atoms with E-state index in [-0.39, 0.29) is 5.82 Å². The van der Waals surface area contributed by atoms with Crippen LogP contribution in [-0.2, 0) is 0 Å². The molecular weight excluding hydrogens is 285 g/mol. The number of likely N-dealkylation sites (tertiary alicyclic amines) is 1. The van der Waals surface area contributed by atoms with Gasteiger partial charge in [-0.3, -0.25) is 0 Å². The van der Waals surface area contributed by atoms with Crippen LogP contribution in [0.5, 0.6) is 5.75 Å². The summed E-state index contributed by atoms with van der Waals surface area (Å²) in [7, 11) is 0. The summed E-state index contributed by atoms with van der Waals surface area (Å²) in [5, 5.41) is 0. The van der Waals surface area contributed by atoms with Gasteiger partial charge in [0.2, 0.25) is 0 Å². The van der Waals surface area contributed by atoms with Gasteiger partial charge in [-0.05, 0) is 66.5 Å². The van der Waals surface area contributed by atoms with Crippen molar-refractivity contribution in [2.75, 3.05) is 26.2 Å². The normalized spacial score (nSPS) is 16.4. The van der Waals surface area contributed by atoms with Crippen molar-refractivity contribution in [3.63, 3.8) is 0 Å². The van der Waals surface area contributed by atoms with Crippen LogP contribution >= 0.6 is 15.9 Å². The van der Waals surface area contributed by atoms with Crippen LogP contribution in [0.3, 0.4) is 0 Å². The average Bonchev–Trinajstić information content (AvgIpc) is 2.82. The molecule has 1 fully saturated rings. The van der Waals surface area contributed by atoms with E-state index in [0.717, 1.165) is 18.7 Å². The van der Waals surface area contributed by atoms with Gasteiger partial charge in [-0.2, -0.15) is 0 Å². The Hall–Kier alpha value is -0.610. The Labute approximate surface area is 110 Å². The van der Waals surface area contributed by atoms with Crippen LogP contribution < -0.4 is 4.74 Å². The van der Waals surface area contributed by atoms with E-state index in [1.807, 2.05) is 0 Å². The van der Waals surface area contributed by atoms with Crippen LogP contribution in [0.4, 0.5) is 4.39 Å². The summed E-state index contributed by atoms with van der Waals surface area (Å²) in [4.78, 5) is 2.46. The number of nitrogens with zero attached hydrogens (tertiary/aromatic N) is 1. The first kappa shape index (κ1) is 12.8. The fourth-order valence-corrected chi connectivity index (χ4v) is 2.41. The van der Waals surface area contributed by atoms with Gasteiger partial charge >= 0.3 is 0 Å². The zero-order valence-corrected chi connectivity index (χ0v) is 11.4. The molecular formula is C13H17BrFNO. The first-order valence-electron chi connectivity index (χ1n) is 6.06. The van der Waals surface area contributed by atoms with Crippen molar-refractivity contribution in [3.05, 3.63) is 28.5 Å². The van der Waals surface area contributed by atoms with Gasteiger partial charge in [-0.15, -0.1) is 0 Å². The molecule has 4 heteroatoms. The Morgan fingerprint density at radius 2 is 2.06 bits per heavy atom. The number of ether oxygens (including phenoxy) is 1. The van der Waals surface area contributed by atoms with E-state index in [1.54, 1.807) is 12.1 Å². The van der Waals surface area contributed by atoms with Gasteiger partial charge in [0.1, 0.15) is 11.6 Å². The standard InChI is InChI=1S/C13H17BrFNO/c14-12-10-11(4-5-13(12)15)17-9-3-8-16-6-1-2-7-16/h4-5,10H,1-3,6-9H2. The highest BCUT2D eigenvalue weighted by Crippen LogP contribution is 2.21. The number of halogens is 2. The number of benzene rings is 1. The lowest BCUT2D eigenvalue weighted by Gasteiger charge is -2.14. The second-order valence-electron chi connectivity index (χ2n) is 4.33. The minimum Gasteiger partial charge on any atom is -0.494 e. The monoisotopic (exact) mass is 301 g/mol. The first-order chi connectivity index (χ1) is 8.25. The molecule has 2 nitrogen and oxygen atoms in total. The molecule has 2 rings (SSSR count). The first-order valence-corrected chi connectivity index (χ1v) is 6.85. The van der Waals surface area contributed by atoms with E-state index in [1.165, 1.54) is 32.0 Å². The smallest absolute Gasteiger partial charge is 0.137 e. The van der Waals surface area contributed by atoms with E-state index in [0.29, 0.717) is 11.1 Å². The molecule has 1 aromatic rings. The maximum Gasteiger partial charge on any atom is 0.137 e. The zero-order chi connectivity index (χ0) is 12.1. The number of hydrogen-bond acceptors (Lipinski definition) is 2. The molecule has 0 bridgehead atoms. The van der Waals surface area contributed by atoms with Gasteiger partial charge in [-0.25, -0.2) is 4.39 Å². The minimum atomic E-state index is -0.255. The summed E-state index contributed by atoms with van der Waals surface area (Å²) in [6.45, 7) is 4.24. The summed E-state index contributed by atoms with van der Waals surface area (Å²) in [6.07, 6.45) is 3.67. The summed E-state index contributed by atoms with van der Waals surface area (Å²) < 4.78 is 19.0. The molecule has 1 aliphatic rings. The van der Waals surface area contributed by atoms with Gasteiger partial charge in [0.05, 0.1) is 11.1 Å². The second-order valence-corrected chi connectivity index (χ2v) is 5.18. The minimum absolute atomic E-state index is 0.255.